The van der Waals surface area contributed by atoms with E-state index in [1.165, 1.54) is 34.4 Å². The van der Waals surface area contributed by atoms with Crippen molar-refractivity contribution in [2.24, 2.45) is 0 Å². The van der Waals surface area contributed by atoms with E-state index in [4.69, 9.17) is 0 Å². The van der Waals surface area contributed by atoms with Crippen LogP contribution in [0, 0.1) is 5.82 Å². The predicted molar refractivity (Wildman–Crippen MR) is 97.2 cm³/mol. The second-order valence-corrected chi connectivity index (χ2v) is 6.44. The van der Waals surface area contributed by atoms with Crippen LogP contribution in [0.4, 0.5) is 4.39 Å². The Kier molecular flexibility index (Phi) is 4.94. The van der Waals surface area contributed by atoms with Crippen molar-refractivity contribution < 1.29 is 9.18 Å². The predicted octanol–water partition coefficient (Wildman–Crippen LogP) is 3.13. The maximum Gasteiger partial charge on any atom is 0.263 e. The Labute approximate surface area is 148 Å². The van der Waals surface area contributed by atoms with Crippen molar-refractivity contribution in [1.29, 1.82) is 0 Å². The molecule has 0 spiro atoms. The highest BCUT2D eigenvalue weighted by Gasteiger charge is 2.16. The van der Waals surface area contributed by atoms with Crippen LogP contribution in [0.1, 0.15) is 13.8 Å². The van der Waals surface area contributed by atoms with Gasteiger partial charge in [0.25, 0.3) is 5.56 Å². The Morgan fingerprint density at radius 1 is 1.24 bits per heavy atom. The van der Waals surface area contributed by atoms with Crippen molar-refractivity contribution in [2.75, 3.05) is 13.1 Å². The van der Waals surface area contributed by atoms with Crippen molar-refractivity contribution in [3.63, 3.8) is 0 Å². The molecule has 0 aliphatic carbocycles. The highest BCUT2D eigenvalue weighted by molar-refractivity contribution is 7.17. The molecule has 130 valence electrons. The number of amides is 1. The normalized spacial score (nSPS) is 11.0. The van der Waals surface area contributed by atoms with Crippen LogP contribution in [0.2, 0.25) is 0 Å². The second kappa shape index (κ2) is 7.14. The van der Waals surface area contributed by atoms with Crippen molar-refractivity contribution in [3.05, 3.63) is 52.1 Å². The third kappa shape index (κ3) is 3.32. The molecule has 0 radical (unpaired) electrons. The molecule has 0 aliphatic rings. The average molecular weight is 359 g/mol. The summed E-state index contributed by atoms with van der Waals surface area (Å²) in [7, 11) is 0. The third-order valence-electron chi connectivity index (χ3n) is 4.14. The zero-order valence-electron chi connectivity index (χ0n) is 14.0. The summed E-state index contributed by atoms with van der Waals surface area (Å²) >= 11 is 1.36. The number of hydrogen-bond donors (Lipinski definition) is 0. The van der Waals surface area contributed by atoms with Gasteiger partial charge < -0.3 is 4.90 Å². The van der Waals surface area contributed by atoms with Crippen LogP contribution in [-0.4, -0.2) is 33.4 Å². The number of nitrogens with zero attached hydrogens (tertiary/aromatic N) is 3. The Morgan fingerprint density at radius 2 is 1.92 bits per heavy atom. The van der Waals surface area contributed by atoms with E-state index in [1.54, 1.807) is 17.0 Å². The first-order valence-electron chi connectivity index (χ1n) is 8.05. The molecule has 0 saturated carbocycles. The van der Waals surface area contributed by atoms with E-state index >= 15 is 0 Å². The van der Waals surface area contributed by atoms with Crippen LogP contribution >= 0.6 is 11.3 Å². The molecule has 1 amide bonds. The minimum absolute atomic E-state index is 0.0395. The van der Waals surface area contributed by atoms with Crippen LogP contribution in [0.5, 0.6) is 0 Å². The molecule has 0 bridgehead atoms. The number of carbonyl (C=O) groups excluding carboxylic acids is 1. The molecule has 3 rings (SSSR count). The van der Waals surface area contributed by atoms with Crippen molar-refractivity contribution in [1.82, 2.24) is 14.5 Å². The number of fused-ring (bicyclic) bond motifs is 1. The molecule has 0 fully saturated rings. The lowest BCUT2D eigenvalue weighted by Crippen LogP contribution is -2.36. The molecular weight excluding hydrogens is 341 g/mol. The molecule has 5 nitrogen and oxygen atoms in total. The van der Waals surface area contributed by atoms with Gasteiger partial charge in [-0.1, -0.05) is 12.1 Å². The van der Waals surface area contributed by atoms with Crippen molar-refractivity contribution >= 4 is 27.5 Å². The largest absolute Gasteiger partial charge is 0.342 e. The number of likely N-dealkylation sites (N-methyl/N-ethyl adjacent to an activating group) is 1. The number of halogens is 1. The molecular formula is C18H18FN3O2S. The summed E-state index contributed by atoms with van der Waals surface area (Å²) in [6.07, 6.45) is 1.41. The number of thiophene rings is 1. The lowest BCUT2D eigenvalue weighted by atomic mass is 10.1. The molecule has 0 aliphatic heterocycles. The minimum Gasteiger partial charge on any atom is -0.342 e. The highest BCUT2D eigenvalue weighted by atomic mass is 32.1. The molecule has 0 unspecified atom stereocenters. The number of rotatable bonds is 5. The summed E-state index contributed by atoms with van der Waals surface area (Å²) in [5.74, 6) is -0.449. The maximum absolute atomic E-state index is 13.2. The van der Waals surface area contributed by atoms with Crippen molar-refractivity contribution in [3.8, 4) is 11.1 Å². The zero-order chi connectivity index (χ0) is 18.0. The summed E-state index contributed by atoms with van der Waals surface area (Å²) < 4.78 is 14.5. The number of carbonyl (C=O) groups is 1. The van der Waals surface area contributed by atoms with Gasteiger partial charge in [-0.05, 0) is 31.5 Å². The standard InChI is InChI=1S/C18H18FN3O2S/c1-3-21(4-2)15(23)9-22-11-20-17-16(18(22)24)14(10-25-17)12-5-7-13(19)8-6-12/h5-8,10-11H,3-4,9H2,1-2H3. The summed E-state index contributed by atoms with van der Waals surface area (Å²) in [4.78, 5) is 31.7. The molecule has 1 aromatic carbocycles. The third-order valence-corrected chi connectivity index (χ3v) is 5.02. The Balaban J connectivity index is 2.04. The number of hydrogen-bond acceptors (Lipinski definition) is 4. The van der Waals surface area contributed by atoms with Gasteiger partial charge in [0.15, 0.2) is 0 Å². The molecule has 2 aromatic heterocycles. The lowest BCUT2D eigenvalue weighted by Gasteiger charge is -2.18. The van der Waals surface area contributed by atoms with Crippen LogP contribution in [0.15, 0.2) is 40.8 Å². The van der Waals surface area contributed by atoms with E-state index in [2.05, 4.69) is 4.98 Å². The molecule has 0 atom stereocenters. The van der Waals surface area contributed by atoms with Crippen LogP contribution in [-0.2, 0) is 11.3 Å². The molecule has 0 saturated heterocycles. The fraction of sp³-hybridized carbons (Fsp3) is 0.278. The smallest absolute Gasteiger partial charge is 0.263 e. The van der Waals surface area contributed by atoms with Gasteiger partial charge in [-0.25, -0.2) is 9.37 Å². The van der Waals surface area contributed by atoms with E-state index < -0.39 is 0 Å². The zero-order valence-corrected chi connectivity index (χ0v) is 14.8. The SMILES string of the molecule is CCN(CC)C(=O)Cn1cnc2scc(-c3ccc(F)cc3)c2c1=O. The summed E-state index contributed by atoms with van der Waals surface area (Å²) in [6, 6.07) is 5.98. The quantitative estimate of drug-likeness (QED) is 0.703. The molecule has 3 aromatic rings. The Bertz CT molecular complexity index is 959. The molecule has 7 heteroatoms. The monoisotopic (exact) mass is 359 g/mol. The van der Waals surface area contributed by atoms with Gasteiger partial charge in [0.05, 0.1) is 11.7 Å². The topological polar surface area (TPSA) is 55.2 Å². The van der Waals surface area contributed by atoms with Gasteiger partial charge in [0, 0.05) is 24.0 Å². The summed E-state index contributed by atoms with van der Waals surface area (Å²) in [5.41, 5.74) is 1.20. The first kappa shape index (κ1) is 17.3. The van der Waals surface area contributed by atoms with E-state index in [0.29, 0.717) is 28.9 Å². The van der Waals surface area contributed by atoms with Gasteiger partial charge in [-0.2, -0.15) is 0 Å². The van der Waals surface area contributed by atoms with E-state index in [9.17, 15) is 14.0 Å². The molecule has 2 heterocycles. The van der Waals surface area contributed by atoms with Crippen LogP contribution in [0.25, 0.3) is 21.3 Å². The van der Waals surface area contributed by atoms with Gasteiger partial charge >= 0.3 is 0 Å². The Hall–Kier alpha value is -2.54. The molecule has 25 heavy (non-hydrogen) atoms. The number of benzene rings is 1. The van der Waals surface area contributed by atoms with E-state index in [1.807, 2.05) is 19.2 Å². The van der Waals surface area contributed by atoms with Gasteiger partial charge in [0.2, 0.25) is 5.91 Å². The first-order chi connectivity index (χ1) is 12.0. The van der Waals surface area contributed by atoms with Crippen LogP contribution < -0.4 is 5.56 Å². The lowest BCUT2D eigenvalue weighted by molar-refractivity contribution is -0.131. The van der Waals surface area contributed by atoms with E-state index in [-0.39, 0.29) is 23.8 Å². The molecule has 0 N–H and O–H groups in total. The fourth-order valence-electron chi connectivity index (χ4n) is 2.74. The fourth-order valence-corrected chi connectivity index (χ4v) is 3.65. The van der Waals surface area contributed by atoms with Gasteiger partial charge in [-0.3, -0.25) is 14.2 Å². The summed E-state index contributed by atoms with van der Waals surface area (Å²) in [5, 5.41) is 2.30. The van der Waals surface area contributed by atoms with E-state index in [0.717, 1.165) is 5.56 Å². The summed E-state index contributed by atoms with van der Waals surface area (Å²) in [6.45, 7) is 4.95. The number of aromatic nitrogens is 2. The second-order valence-electron chi connectivity index (χ2n) is 5.58. The highest BCUT2D eigenvalue weighted by Crippen LogP contribution is 2.30. The van der Waals surface area contributed by atoms with Crippen molar-refractivity contribution in [2.45, 2.75) is 20.4 Å². The van der Waals surface area contributed by atoms with Gasteiger partial charge in [-0.15, -0.1) is 11.3 Å². The maximum atomic E-state index is 13.2. The van der Waals surface area contributed by atoms with Gasteiger partial charge in [0.1, 0.15) is 17.2 Å². The Morgan fingerprint density at radius 3 is 2.56 bits per heavy atom. The van der Waals surface area contributed by atoms with Crippen LogP contribution in [0.3, 0.4) is 0 Å². The average Bonchev–Trinajstić information content (AvgIpc) is 3.04. The first-order valence-corrected chi connectivity index (χ1v) is 8.93. The minimum atomic E-state index is -0.330.